The fourth-order valence-corrected chi connectivity index (χ4v) is 3.09. The van der Waals surface area contributed by atoms with E-state index in [0.717, 1.165) is 17.1 Å². The molecule has 0 bridgehead atoms. The van der Waals surface area contributed by atoms with Crippen molar-refractivity contribution < 1.29 is 13.9 Å². The fourth-order valence-electron chi connectivity index (χ4n) is 2.11. The molecule has 0 amide bonds. The number of halogens is 2. The molecule has 0 atom stereocenters. The summed E-state index contributed by atoms with van der Waals surface area (Å²) in [7, 11) is 0. The fraction of sp³-hybridized carbons (Fsp3) is 0.333. The minimum absolute atomic E-state index is 0.125. The molecule has 0 saturated carbocycles. The van der Waals surface area contributed by atoms with Crippen molar-refractivity contribution in [1.82, 2.24) is 14.6 Å². The number of aliphatic hydroxyl groups excluding tert-OH is 1. The van der Waals surface area contributed by atoms with Crippen LogP contribution in [0.15, 0.2) is 18.2 Å². The first-order valence-corrected chi connectivity index (χ1v) is 7.58. The first-order chi connectivity index (χ1) is 10.3. The molecule has 0 aliphatic heterocycles. The molecule has 3 rings (SSSR count). The lowest BCUT2D eigenvalue weighted by Crippen LogP contribution is -2.11. The number of hydrogen-bond donors (Lipinski definition) is 1. The van der Waals surface area contributed by atoms with Crippen LogP contribution in [0.25, 0.3) is 16.2 Å². The Kier molecular flexibility index (Phi) is 3.49. The lowest BCUT2D eigenvalue weighted by molar-refractivity contribution is 0.274. The number of nitrogens with zero attached hydrogens (tertiary/aromatic N) is 3. The van der Waals surface area contributed by atoms with Crippen LogP contribution in [0.3, 0.4) is 0 Å². The van der Waals surface area contributed by atoms with Gasteiger partial charge in [-0.05, 0) is 18.2 Å². The molecule has 1 aromatic carbocycles. The van der Waals surface area contributed by atoms with Crippen molar-refractivity contribution >= 4 is 16.3 Å². The van der Waals surface area contributed by atoms with E-state index < -0.39 is 11.6 Å². The van der Waals surface area contributed by atoms with Gasteiger partial charge in [-0.2, -0.15) is 5.10 Å². The van der Waals surface area contributed by atoms with Crippen molar-refractivity contribution in [2.24, 2.45) is 0 Å². The standard InChI is InChI=1S/C15H15F2N3OS/c1-15(2,3)13-19-20-11(7-21)12(18-14(20)22-13)8-4-5-9(16)10(17)6-8/h4-6,21H,7H2,1-3H3. The highest BCUT2D eigenvalue weighted by molar-refractivity contribution is 7.16. The van der Waals surface area contributed by atoms with Gasteiger partial charge in [0.05, 0.1) is 18.0 Å². The van der Waals surface area contributed by atoms with E-state index in [1.165, 1.54) is 17.4 Å². The van der Waals surface area contributed by atoms with Crippen molar-refractivity contribution in [3.63, 3.8) is 0 Å². The van der Waals surface area contributed by atoms with Crippen LogP contribution in [0.5, 0.6) is 0 Å². The lowest BCUT2D eigenvalue weighted by atomic mass is 9.98. The number of benzene rings is 1. The van der Waals surface area contributed by atoms with Crippen LogP contribution in [0.4, 0.5) is 8.78 Å². The Morgan fingerprint density at radius 2 is 1.95 bits per heavy atom. The molecule has 0 unspecified atom stereocenters. The molecule has 7 heteroatoms. The van der Waals surface area contributed by atoms with Gasteiger partial charge in [0, 0.05) is 11.0 Å². The average Bonchev–Trinajstić information content (AvgIpc) is 2.98. The van der Waals surface area contributed by atoms with Crippen LogP contribution < -0.4 is 0 Å². The monoisotopic (exact) mass is 323 g/mol. The van der Waals surface area contributed by atoms with E-state index in [1.54, 1.807) is 4.52 Å². The van der Waals surface area contributed by atoms with E-state index in [0.29, 0.717) is 21.9 Å². The molecule has 0 spiro atoms. The minimum atomic E-state index is -0.943. The largest absolute Gasteiger partial charge is 0.390 e. The summed E-state index contributed by atoms with van der Waals surface area (Å²) in [6.45, 7) is 5.84. The number of aromatic nitrogens is 3. The van der Waals surface area contributed by atoms with Gasteiger partial charge in [0.2, 0.25) is 4.96 Å². The maximum Gasteiger partial charge on any atom is 0.213 e. The Balaban J connectivity index is 2.18. The number of imidazole rings is 1. The smallest absolute Gasteiger partial charge is 0.213 e. The van der Waals surface area contributed by atoms with Crippen LogP contribution in [0.2, 0.25) is 0 Å². The molecular weight excluding hydrogens is 308 g/mol. The average molecular weight is 323 g/mol. The van der Waals surface area contributed by atoms with Gasteiger partial charge in [-0.1, -0.05) is 32.1 Å². The summed E-state index contributed by atoms with van der Waals surface area (Å²) in [4.78, 5) is 5.05. The molecular formula is C15H15F2N3OS. The van der Waals surface area contributed by atoms with Gasteiger partial charge >= 0.3 is 0 Å². The van der Waals surface area contributed by atoms with E-state index >= 15 is 0 Å². The summed E-state index contributed by atoms with van der Waals surface area (Å²) >= 11 is 1.42. The van der Waals surface area contributed by atoms with E-state index in [9.17, 15) is 13.9 Å². The summed E-state index contributed by atoms with van der Waals surface area (Å²) in [6.07, 6.45) is 0. The minimum Gasteiger partial charge on any atom is -0.390 e. The van der Waals surface area contributed by atoms with Crippen LogP contribution >= 0.6 is 11.3 Å². The molecule has 22 heavy (non-hydrogen) atoms. The third-order valence-electron chi connectivity index (χ3n) is 3.28. The zero-order valence-corrected chi connectivity index (χ0v) is 13.2. The molecule has 4 nitrogen and oxygen atoms in total. The normalized spacial score (nSPS) is 12.3. The van der Waals surface area contributed by atoms with Gasteiger partial charge in [0.15, 0.2) is 11.6 Å². The Morgan fingerprint density at radius 1 is 1.23 bits per heavy atom. The summed E-state index contributed by atoms with van der Waals surface area (Å²) < 4.78 is 28.1. The first kappa shape index (κ1) is 15.1. The molecule has 0 aliphatic rings. The Hall–Kier alpha value is -1.86. The molecule has 1 N–H and O–H groups in total. The van der Waals surface area contributed by atoms with Gasteiger partial charge in [-0.25, -0.2) is 18.3 Å². The van der Waals surface area contributed by atoms with Gasteiger partial charge < -0.3 is 5.11 Å². The zero-order valence-electron chi connectivity index (χ0n) is 12.4. The van der Waals surface area contributed by atoms with Crippen molar-refractivity contribution in [1.29, 1.82) is 0 Å². The number of rotatable bonds is 2. The highest BCUT2D eigenvalue weighted by Crippen LogP contribution is 2.32. The van der Waals surface area contributed by atoms with E-state index in [1.807, 2.05) is 20.8 Å². The molecule has 116 valence electrons. The maximum atomic E-state index is 13.4. The van der Waals surface area contributed by atoms with E-state index in [4.69, 9.17) is 0 Å². The second-order valence-electron chi connectivity index (χ2n) is 6.05. The molecule has 0 fully saturated rings. The van der Waals surface area contributed by atoms with Gasteiger partial charge in [-0.15, -0.1) is 0 Å². The third-order valence-corrected chi connectivity index (χ3v) is 4.62. The highest BCUT2D eigenvalue weighted by atomic mass is 32.1. The molecule has 2 heterocycles. The molecule has 3 aromatic rings. The topological polar surface area (TPSA) is 50.4 Å². The van der Waals surface area contributed by atoms with E-state index in [2.05, 4.69) is 10.1 Å². The molecule has 2 aromatic heterocycles. The lowest BCUT2D eigenvalue weighted by Gasteiger charge is -2.12. The third kappa shape index (κ3) is 2.40. The van der Waals surface area contributed by atoms with Crippen molar-refractivity contribution in [2.45, 2.75) is 32.8 Å². The van der Waals surface area contributed by atoms with Gasteiger partial charge in [0.1, 0.15) is 5.01 Å². The van der Waals surface area contributed by atoms with Gasteiger partial charge in [0.25, 0.3) is 0 Å². The van der Waals surface area contributed by atoms with Crippen molar-refractivity contribution in [3.05, 3.63) is 40.5 Å². The summed E-state index contributed by atoms with van der Waals surface area (Å²) in [5.74, 6) is -1.86. The van der Waals surface area contributed by atoms with Crippen LogP contribution in [0, 0.1) is 11.6 Å². The molecule has 0 saturated heterocycles. The van der Waals surface area contributed by atoms with Gasteiger partial charge in [-0.3, -0.25) is 0 Å². The number of hydrogen-bond acceptors (Lipinski definition) is 4. The first-order valence-electron chi connectivity index (χ1n) is 6.76. The summed E-state index contributed by atoms with van der Waals surface area (Å²) in [5, 5.41) is 15.0. The van der Waals surface area contributed by atoms with Crippen molar-refractivity contribution in [2.75, 3.05) is 0 Å². The Labute approximate surface area is 130 Å². The Bertz CT molecular complexity index is 848. The maximum absolute atomic E-state index is 13.4. The zero-order chi connectivity index (χ0) is 16.1. The van der Waals surface area contributed by atoms with E-state index in [-0.39, 0.29) is 12.0 Å². The SMILES string of the molecule is CC(C)(C)c1nn2c(CO)c(-c3ccc(F)c(F)c3)nc2s1. The predicted molar refractivity (Wildman–Crippen MR) is 80.8 cm³/mol. The summed E-state index contributed by atoms with van der Waals surface area (Å²) in [5.41, 5.74) is 1.17. The highest BCUT2D eigenvalue weighted by Gasteiger charge is 2.23. The quantitative estimate of drug-likeness (QED) is 0.785. The van der Waals surface area contributed by atoms with Crippen LogP contribution in [-0.2, 0) is 12.0 Å². The molecule has 0 radical (unpaired) electrons. The van der Waals surface area contributed by atoms with Crippen LogP contribution in [-0.4, -0.2) is 19.7 Å². The number of fused-ring (bicyclic) bond motifs is 1. The van der Waals surface area contributed by atoms with Crippen LogP contribution in [0.1, 0.15) is 31.5 Å². The predicted octanol–water partition coefficient (Wildman–Crippen LogP) is 3.53. The summed E-state index contributed by atoms with van der Waals surface area (Å²) in [6, 6.07) is 3.56. The Morgan fingerprint density at radius 3 is 2.55 bits per heavy atom. The van der Waals surface area contributed by atoms with Crippen molar-refractivity contribution in [3.8, 4) is 11.3 Å². The second kappa shape index (κ2) is 5.10. The second-order valence-corrected chi connectivity index (χ2v) is 7.00. The number of aliphatic hydroxyl groups is 1. The molecule has 0 aliphatic carbocycles.